The van der Waals surface area contributed by atoms with Gasteiger partial charge in [-0.3, -0.25) is 0 Å². The van der Waals surface area contributed by atoms with Crippen LogP contribution in [0.15, 0.2) is 41.4 Å². The van der Waals surface area contributed by atoms with Crippen molar-refractivity contribution >= 4 is 18.3 Å². The zero-order valence-corrected chi connectivity index (χ0v) is 11.9. The van der Waals surface area contributed by atoms with E-state index in [-0.39, 0.29) is 0 Å². The van der Waals surface area contributed by atoms with Crippen molar-refractivity contribution in [1.82, 2.24) is 14.6 Å². The van der Waals surface area contributed by atoms with E-state index in [4.69, 9.17) is 0 Å². The Hall–Kier alpha value is -1.81. The highest BCUT2D eigenvalue weighted by Crippen LogP contribution is 2.22. The molecule has 0 atom stereocenters. The summed E-state index contributed by atoms with van der Waals surface area (Å²) in [6.07, 6.45) is 0.827. The molecular formula is C15H15N3S. The smallest absolute Gasteiger partial charge is 0.156 e. The highest BCUT2D eigenvalue weighted by Gasteiger charge is 2.12. The van der Waals surface area contributed by atoms with Gasteiger partial charge in [0.15, 0.2) is 5.65 Å². The number of aromatic nitrogens is 3. The molecule has 2 heterocycles. The molecule has 0 saturated carbocycles. The van der Waals surface area contributed by atoms with Crippen LogP contribution in [0.2, 0.25) is 0 Å². The van der Waals surface area contributed by atoms with E-state index in [1.54, 1.807) is 0 Å². The van der Waals surface area contributed by atoms with E-state index in [9.17, 15) is 0 Å². The minimum absolute atomic E-state index is 0.827. The van der Waals surface area contributed by atoms with Crippen LogP contribution in [0.4, 0.5) is 0 Å². The predicted octanol–water partition coefficient (Wildman–Crippen LogP) is 3.23. The van der Waals surface area contributed by atoms with Gasteiger partial charge in [-0.2, -0.15) is 5.10 Å². The molecule has 0 N–H and O–H groups in total. The summed E-state index contributed by atoms with van der Waals surface area (Å²) in [5.41, 5.74) is 5.22. The fourth-order valence-electron chi connectivity index (χ4n) is 2.26. The van der Waals surface area contributed by atoms with Gasteiger partial charge in [0.05, 0.1) is 5.69 Å². The molecule has 0 spiro atoms. The predicted molar refractivity (Wildman–Crippen MR) is 79.0 cm³/mol. The Morgan fingerprint density at radius 2 is 1.89 bits per heavy atom. The molecule has 0 aliphatic heterocycles. The van der Waals surface area contributed by atoms with Crippen molar-refractivity contribution < 1.29 is 0 Å². The van der Waals surface area contributed by atoms with E-state index >= 15 is 0 Å². The number of thiol groups is 1. The molecule has 3 nitrogen and oxygen atoms in total. The fraction of sp³-hybridized carbons (Fsp3) is 0.200. The molecule has 0 bridgehead atoms. The van der Waals surface area contributed by atoms with Crippen molar-refractivity contribution in [3.05, 3.63) is 58.9 Å². The minimum Gasteiger partial charge on any atom is -0.233 e. The summed E-state index contributed by atoms with van der Waals surface area (Å²) in [4.78, 5) is 4.61. The summed E-state index contributed by atoms with van der Waals surface area (Å²) in [6, 6.07) is 12.3. The highest BCUT2D eigenvalue weighted by molar-refractivity contribution is 7.80. The van der Waals surface area contributed by atoms with E-state index < -0.39 is 0 Å². The first-order valence-corrected chi connectivity index (χ1v) is 6.68. The Kier molecular flexibility index (Phi) is 3.03. The molecule has 3 rings (SSSR count). The highest BCUT2D eigenvalue weighted by atomic mass is 32.1. The lowest BCUT2D eigenvalue weighted by molar-refractivity contribution is 0.795. The first kappa shape index (κ1) is 12.2. The van der Waals surface area contributed by atoms with Crippen molar-refractivity contribution in [2.45, 2.75) is 25.3 Å². The first-order chi connectivity index (χ1) is 9.15. The summed E-state index contributed by atoms with van der Waals surface area (Å²) in [6.45, 7) is 3.99. The van der Waals surface area contributed by atoms with Crippen LogP contribution in [0.1, 0.15) is 22.5 Å². The molecule has 0 amide bonds. The first-order valence-electron chi connectivity index (χ1n) is 6.24. The average molecular weight is 269 g/mol. The molecule has 0 fully saturated rings. The van der Waals surface area contributed by atoms with E-state index in [0.29, 0.717) is 0 Å². The third-order valence-electron chi connectivity index (χ3n) is 3.23. The number of rotatable bonds is 2. The van der Waals surface area contributed by atoms with Gasteiger partial charge in [0.1, 0.15) is 5.03 Å². The number of fused-ring (bicyclic) bond motifs is 1. The van der Waals surface area contributed by atoms with Crippen molar-refractivity contribution in [3.8, 4) is 0 Å². The van der Waals surface area contributed by atoms with Crippen molar-refractivity contribution in [1.29, 1.82) is 0 Å². The standard InChI is InChI=1S/C15H15N3S/c1-10-8-14-16-11(2)13(15(19)18(14)17-10)9-12-6-4-3-5-7-12/h3-8,19H,9H2,1-2H3. The maximum absolute atomic E-state index is 4.64. The molecule has 3 aromatic rings. The lowest BCUT2D eigenvalue weighted by Gasteiger charge is -2.10. The van der Waals surface area contributed by atoms with Gasteiger partial charge in [0.25, 0.3) is 0 Å². The second-order valence-corrected chi connectivity index (χ2v) is 5.14. The Morgan fingerprint density at radius 1 is 1.16 bits per heavy atom. The summed E-state index contributed by atoms with van der Waals surface area (Å²) in [7, 11) is 0. The van der Waals surface area contributed by atoms with Gasteiger partial charge < -0.3 is 0 Å². The lowest BCUT2D eigenvalue weighted by Crippen LogP contribution is -2.04. The monoisotopic (exact) mass is 269 g/mol. The van der Waals surface area contributed by atoms with Gasteiger partial charge in [-0.15, -0.1) is 12.6 Å². The van der Waals surface area contributed by atoms with Crippen LogP contribution >= 0.6 is 12.6 Å². The quantitative estimate of drug-likeness (QED) is 0.572. The normalized spacial score (nSPS) is 11.1. The Bertz CT molecular complexity index is 732. The zero-order chi connectivity index (χ0) is 13.4. The van der Waals surface area contributed by atoms with Crippen LogP contribution in [-0.4, -0.2) is 14.6 Å². The number of benzene rings is 1. The number of hydrogen-bond donors (Lipinski definition) is 1. The van der Waals surface area contributed by atoms with E-state index in [1.807, 2.05) is 42.6 Å². The second-order valence-electron chi connectivity index (χ2n) is 4.72. The largest absolute Gasteiger partial charge is 0.233 e. The van der Waals surface area contributed by atoms with Gasteiger partial charge in [0.2, 0.25) is 0 Å². The molecule has 0 unspecified atom stereocenters. The van der Waals surface area contributed by atoms with Crippen molar-refractivity contribution in [2.24, 2.45) is 0 Å². The van der Waals surface area contributed by atoms with E-state index in [0.717, 1.165) is 34.0 Å². The SMILES string of the molecule is Cc1cc2nc(C)c(Cc3ccccc3)c(S)n2n1. The summed E-state index contributed by atoms with van der Waals surface area (Å²) in [5.74, 6) is 0. The molecule has 19 heavy (non-hydrogen) atoms. The summed E-state index contributed by atoms with van der Waals surface area (Å²) < 4.78 is 1.81. The van der Waals surface area contributed by atoms with Crippen LogP contribution in [0, 0.1) is 13.8 Å². The van der Waals surface area contributed by atoms with Crippen LogP contribution in [-0.2, 0) is 6.42 Å². The summed E-state index contributed by atoms with van der Waals surface area (Å²) in [5, 5.41) is 5.31. The van der Waals surface area contributed by atoms with Gasteiger partial charge in [-0.1, -0.05) is 30.3 Å². The van der Waals surface area contributed by atoms with Gasteiger partial charge in [-0.25, -0.2) is 9.50 Å². The molecule has 0 radical (unpaired) electrons. The summed E-state index contributed by atoms with van der Waals surface area (Å²) >= 11 is 4.64. The lowest BCUT2D eigenvalue weighted by atomic mass is 10.1. The van der Waals surface area contributed by atoms with Crippen LogP contribution in [0.5, 0.6) is 0 Å². The fourth-order valence-corrected chi connectivity index (χ4v) is 2.65. The molecule has 96 valence electrons. The third-order valence-corrected chi connectivity index (χ3v) is 3.69. The Balaban J connectivity index is 2.13. The Labute approximate surface area is 117 Å². The number of nitrogens with zero attached hydrogens (tertiary/aromatic N) is 3. The van der Waals surface area contributed by atoms with Crippen molar-refractivity contribution in [3.63, 3.8) is 0 Å². The minimum atomic E-state index is 0.827. The molecule has 1 aromatic carbocycles. The topological polar surface area (TPSA) is 30.2 Å². The van der Waals surface area contributed by atoms with Crippen LogP contribution in [0.25, 0.3) is 5.65 Å². The number of aryl methyl sites for hydroxylation is 2. The molecule has 2 aromatic heterocycles. The van der Waals surface area contributed by atoms with Crippen LogP contribution in [0.3, 0.4) is 0 Å². The third kappa shape index (κ3) is 2.24. The second kappa shape index (κ2) is 4.70. The van der Waals surface area contributed by atoms with Crippen molar-refractivity contribution in [2.75, 3.05) is 0 Å². The average Bonchev–Trinajstić information content (AvgIpc) is 2.76. The van der Waals surface area contributed by atoms with Gasteiger partial charge in [-0.05, 0) is 19.4 Å². The van der Waals surface area contributed by atoms with E-state index in [2.05, 4.69) is 34.8 Å². The maximum Gasteiger partial charge on any atom is 0.156 e. The molecular weight excluding hydrogens is 254 g/mol. The van der Waals surface area contributed by atoms with Crippen LogP contribution < -0.4 is 0 Å². The zero-order valence-electron chi connectivity index (χ0n) is 11.0. The molecule has 0 saturated heterocycles. The molecule has 4 heteroatoms. The maximum atomic E-state index is 4.64. The number of hydrogen-bond acceptors (Lipinski definition) is 3. The Morgan fingerprint density at radius 3 is 2.63 bits per heavy atom. The molecule has 0 aliphatic carbocycles. The molecule has 0 aliphatic rings. The van der Waals surface area contributed by atoms with E-state index in [1.165, 1.54) is 5.56 Å². The van der Waals surface area contributed by atoms with Gasteiger partial charge >= 0.3 is 0 Å². The van der Waals surface area contributed by atoms with Gasteiger partial charge in [0, 0.05) is 23.7 Å².